The molecule has 0 fully saturated rings. The Morgan fingerprint density at radius 1 is 0.902 bits per heavy atom. The molecule has 0 saturated heterocycles. The van der Waals surface area contributed by atoms with Gasteiger partial charge in [0.1, 0.15) is 23.8 Å². The monoisotopic (exact) mass is 557 g/mol. The van der Waals surface area contributed by atoms with Gasteiger partial charge < -0.3 is 14.2 Å². The molecule has 1 heterocycles. The van der Waals surface area contributed by atoms with Crippen LogP contribution in [0.3, 0.4) is 0 Å². The second kappa shape index (κ2) is 13.4. The molecule has 0 aliphatic rings. The van der Waals surface area contributed by atoms with Gasteiger partial charge in [-0.1, -0.05) is 36.3 Å². The molecule has 41 heavy (non-hydrogen) atoms. The number of methoxy groups -OCH3 is 1. The summed E-state index contributed by atoms with van der Waals surface area (Å²) in [6.07, 6.45) is -0.941. The number of nitrogens with zero attached hydrogens (tertiary/aromatic N) is 1. The Morgan fingerprint density at radius 3 is 2.22 bits per heavy atom. The van der Waals surface area contributed by atoms with E-state index in [4.69, 9.17) is 9.47 Å². The minimum Gasteiger partial charge on any atom is -0.489 e. The molecule has 5 nitrogen and oxygen atoms in total. The van der Waals surface area contributed by atoms with E-state index in [0.717, 1.165) is 28.8 Å². The quantitative estimate of drug-likeness (QED) is 0.175. The van der Waals surface area contributed by atoms with Crippen molar-refractivity contribution in [2.45, 2.75) is 13.1 Å². The summed E-state index contributed by atoms with van der Waals surface area (Å²) < 4.78 is 55.4. The number of rotatable bonds is 8. The molecule has 4 rings (SSSR count). The first kappa shape index (κ1) is 29.0. The van der Waals surface area contributed by atoms with Gasteiger partial charge in [0.15, 0.2) is 6.61 Å². The van der Waals surface area contributed by atoms with E-state index in [1.165, 1.54) is 19.2 Å². The van der Waals surface area contributed by atoms with Crippen molar-refractivity contribution in [1.82, 2.24) is 4.98 Å². The average molecular weight is 558 g/mol. The van der Waals surface area contributed by atoms with Gasteiger partial charge in [0, 0.05) is 11.8 Å². The van der Waals surface area contributed by atoms with Gasteiger partial charge in [0.2, 0.25) is 0 Å². The fourth-order valence-electron chi connectivity index (χ4n) is 3.84. The van der Waals surface area contributed by atoms with Gasteiger partial charge in [-0.3, -0.25) is 0 Å². The Kier molecular flexibility index (Phi) is 9.43. The van der Waals surface area contributed by atoms with Crippen LogP contribution < -0.4 is 9.47 Å². The van der Waals surface area contributed by atoms with Gasteiger partial charge in [0.05, 0.1) is 12.7 Å². The van der Waals surface area contributed by atoms with Crippen LogP contribution in [0.25, 0.3) is 5.57 Å². The fourth-order valence-corrected chi connectivity index (χ4v) is 3.84. The Balaban J connectivity index is 1.55. The van der Waals surface area contributed by atoms with Crippen molar-refractivity contribution < 1.29 is 32.2 Å². The molecule has 0 aliphatic carbocycles. The number of hydrogen-bond acceptors (Lipinski definition) is 5. The van der Waals surface area contributed by atoms with Crippen LogP contribution in [0, 0.1) is 18.8 Å². The maximum Gasteiger partial charge on any atom is 0.416 e. The van der Waals surface area contributed by atoms with Crippen molar-refractivity contribution in [2.24, 2.45) is 0 Å². The lowest BCUT2D eigenvalue weighted by atomic mass is 9.96. The molecule has 0 atom stereocenters. The van der Waals surface area contributed by atoms with Gasteiger partial charge >= 0.3 is 12.1 Å². The molecule has 0 unspecified atom stereocenters. The van der Waals surface area contributed by atoms with E-state index in [1.807, 2.05) is 55.5 Å². The summed E-state index contributed by atoms with van der Waals surface area (Å²) in [7, 11) is 1.29. The molecule has 8 heteroatoms. The molecule has 1 aromatic heterocycles. The lowest BCUT2D eigenvalue weighted by Crippen LogP contribution is -2.13. The number of hydrogen-bond donors (Lipinski definition) is 0. The SMILES string of the molecule is COC(=O)COc1ccc(OCC=C(c2ccc(C#Cc3ccccn3)cc2)c2ccc(C(F)(F)F)cc2)cc1C. The van der Waals surface area contributed by atoms with Crippen LogP contribution in [0.1, 0.15) is 33.5 Å². The fraction of sp³-hybridized carbons (Fsp3) is 0.152. The minimum absolute atomic E-state index is 0.152. The molecular weight excluding hydrogens is 531 g/mol. The van der Waals surface area contributed by atoms with E-state index >= 15 is 0 Å². The second-order valence-corrected chi connectivity index (χ2v) is 8.84. The molecule has 0 aliphatic heterocycles. The Hall–Kier alpha value is -5.03. The molecule has 3 aromatic carbocycles. The van der Waals surface area contributed by atoms with Gasteiger partial charge in [-0.15, -0.1) is 0 Å². The largest absolute Gasteiger partial charge is 0.489 e. The normalized spacial score (nSPS) is 11.3. The molecule has 208 valence electrons. The molecule has 0 N–H and O–H groups in total. The number of pyridine rings is 1. The molecule has 0 saturated carbocycles. The molecule has 0 amide bonds. The van der Waals surface area contributed by atoms with Gasteiger partial charge in [0.25, 0.3) is 0 Å². The highest BCUT2D eigenvalue weighted by molar-refractivity contribution is 5.80. The number of halogens is 3. The van der Waals surface area contributed by atoms with E-state index in [-0.39, 0.29) is 13.2 Å². The second-order valence-electron chi connectivity index (χ2n) is 8.84. The zero-order chi connectivity index (χ0) is 29.2. The minimum atomic E-state index is -4.43. The standard InChI is InChI=1S/C33H26F3NO4/c1-23-21-29(16-17-31(23)41-22-32(38)39-2)40-20-18-30(26-11-13-27(14-12-26)33(34,35)36)25-9-6-24(7-10-25)8-15-28-5-3-4-19-37-28/h3-7,9-14,16-19,21H,20,22H2,1-2H3. The van der Waals surface area contributed by atoms with Crippen LogP contribution in [0.5, 0.6) is 11.5 Å². The third-order valence-corrected chi connectivity index (χ3v) is 5.98. The highest BCUT2D eigenvalue weighted by Gasteiger charge is 2.30. The zero-order valence-electron chi connectivity index (χ0n) is 22.4. The topological polar surface area (TPSA) is 57.7 Å². The zero-order valence-corrected chi connectivity index (χ0v) is 22.4. The third kappa shape index (κ3) is 8.23. The van der Waals surface area contributed by atoms with E-state index in [1.54, 1.807) is 24.4 Å². The Morgan fingerprint density at radius 2 is 1.61 bits per heavy atom. The number of alkyl halides is 3. The lowest BCUT2D eigenvalue weighted by Gasteiger charge is -2.13. The average Bonchev–Trinajstić information content (AvgIpc) is 2.98. The maximum absolute atomic E-state index is 13.2. The summed E-state index contributed by atoms with van der Waals surface area (Å²) >= 11 is 0. The van der Waals surface area contributed by atoms with Crippen molar-refractivity contribution in [3.8, 4) is 23.3 Å². The van der Waals surface area contributed by atoms with E-state index in [0.29, 0.717) is 28.3 Å². The van der Waals surface area contributed by atoms with Crippen molar-refractivity contribution in [2.75, 3.05) is 20.3 Å². The van der Waals surface area contributed by atoms with Gasteiger partial charge in [-0.25, -0.2) is 9.78 Å². The molecule has 4 aromatic rings. The van der Waals surface area contributed by atoms with Crippen molar-refractivity contribution in [3.63, 3.8) is 0 Å². The smallest absolute Gasteiger partial charge is 0.416 e. The highest BCUT2D eigenvalue weighted by atomic mass is 19.4. The highest BCUT2D eigenvalue weighted by Crippen LogP contribution is 2.32. The van der Waals surface area contributed by atoms with Crippen molar-refractivity contribution in [3.05, 3.63) is 131 Å². The summed E-state index contributed by atoms with van der Waals surface area (Å²) in [5, 5.41) is 0. The van der Waals surface area contributed by atoms with Crippen LogP contribution in [0.4, 0.5) is 13.2 Å². The van der Waals surface area contributed by atoms with E-state index in [2.05, 4.69) is 21.6 Å². The maximum atomic E-state index is 13.2. The predicted octanol–water partition coefficient (Wildman–Crippen LogP) is 6.87. The summed E-state index contributed by atoms with van der Waals surface area (Å²) in [5.41, 5.74) is 3.57. The number of carbonyl (C=O) groups excluding carboxylic acids is 1. The van der Waals surface area contributed by atoms with Crippen LogP contribution in [0.15, 0.2) is 97.2 Å². The Labute approximate surface area is 236 Å². The predicted molar refractivity (Wildman–Crippen MR) is 149 cm³/mol. The van der Waals surface area contributed by atoms with Gasteiger partial charge in [-0.05, 0) is 95.8 Å². The summed E-state index contributed by atoms with van der Waals surface area (Å²) in [6, 6.07) is 23.1. The first-order valence-corrected chi connectivity index (χ1v) is 12.6. The number of aryl methyl sites for hydroxylation is 1. The van der Waals surface area contributed by atoms with Crippen LogP contribution >= 0.6 is 0 Å². The number of aromatic nitrogens is 1. The van der Waals surface area contributed by atoms with Crippen molar-refractivity contribution >= 4 is 11.5 Å². The molecular formula is C33H26F3NO4. The van der Waals surface area contributed by atoms with E-state index < -0.39 is 17.7 Å². The first-order valence-electron chi connectivity index (χ1n) is 12.6. The number of ether oxygens (including phenoxy) is 3. The summed E-state index contributed by atoms with van der Waals surface area (Å²) in [6.45, 7) is 1.77. The van der Waals surface area contributed by atoms with Crippen molar-refractivity contribution in [1.29, 1.82) is 0 Å². The van der Waals surface area contributed by atoms with Gasteiger partial charge in [-0.2, -0.15) is 13.2 Å². The molecule has 0 radical (unpaired) electrons. The Bertz CT molecular complexity index is 1570. The molecule has 0 bridgehead atoms. The number of benzene rings is 3. The third-order valence-electron chi connectivity index (χ3n) is 5.98. The van der Waals surface area contributed by atoms with E-state index in [9.17, 15) is 18.0 Å². The number of esters is 1. The lowest BCUT2D eigenvalue weighted by molar-refractivity contribution is -0.143. The number of carbonyl (C=O) groups is 1. The van der Waals surface area contributed by atoms with Crippen LogP contribution in [-0.4, -0.2) is 31.3 Å². The first-order chi connectivity index (χ1) is 19.7. The molecule has 0 spiro atoms. The summed E-state index contributed by atoms with van der Waals surface area (Å²) in [5.74, 6) is 6.67. The van der Waals surface area contributed by atoms with Crippen LogP contribution in [0.2, 0.25) is 0 Å². The van der Waals surface area contributed by atoms with Crippen LogP contribution in [-0.2, 0) is 15.7 Å². The summed E-state index contributed by atoms with van der Waals surface area (Å²) in [4.78, 5) is 15.5.